The molecule has 5 heteroatoms. The van der Waals surface area contributed by atoms with Gasteiger partial charge in [-0.05, 0) is 24.1 Å². The minimum absolute atomic E-state index is 0.314. The van der Waals surface area contributed by atoms with Gasteiger partial charge in [0.1, 0.15) is 11.4 Å². The molecular weight excluding hydrogens is 296 g/mol. The van der Waals surface area contributed by atoms with Crippen LogP contribution < -0.4 is 5.73 Å². The maximum Gasteiger partial charge on any atom is 0.105 e. The lowest BCUT2D eigenvalue weighted by Gasteiger charge is -2.12. The molecule has 0 radical (unpaired) electrons. The summed E-state index contributed by atoms with van der Waals surface area (Å²) >= 11 is 6.37. The molecule has 0 unspecified atom stereocenters. The third-order valence-electron chi connectivity index (χ3n) is 3.66. The van der Waals surface area contributed by atoms with E-state index in [1.807, 2.05) is 47.1 Å². The Morgan fingerprint density at radius 1 is 1.09 bits per heavy atom. The third-order valence-corrected chi connectivity index (χ3v) is 3.99. The summed E-state index contributed by atoms with van der Waals surface area (Å²) in [6.07, 6.45) is 0.913. The fraction of sp³-hybridized carbons (Fsp3) is 0.176. The molecule has 1 heterocycles. The van der Waals surface area contributed by atoms with Crippen LogP contribution in [0.1, 0.15) is 18.2 Å². The van der Waals surface area contributed by atoms with Gasteiger partial charge >= 0.3 is 0 Å². The molecule has 0 fully saturated rings. The van der Waals surface area contributed by atoms with Crippen LogP contribution in [0.15, 0.2) is 48.5 Å². The fourth-order valence-corrected chi connectivity index (χ4v) is 2.78. The SMILES string of the molecule is CCc1ccccc1-n1nnc(CN)c1-c1ccccc1Cl. The van der Waals surface area contributed by atoms with Gasteiger partial charge in [0.15, 0.2) is 0 Å². The molecule has 3 aromatic rings. The zero-order valence-electron chi connectivity index (χ0n) is 12.3. The van der Waals surface area contributed by atoms with Gasteiger partial charge in [-0.1, -0.05) is 60.1 Å². The van der Waals surface area contributed by atoms with Gasteiger partial charge in [0.2, 0.25) is 0 Å². The van der Waals surface area contributed by atoms with Crippen molar-refractivity contribution in [2.45, 2.75) is 19.9 Å². The Hall–Kier alpha value is -2.17. The first-order valence-electron chi connectivity index (χ1n) is 7.24. The zero-order valence-corrected chi connectivity index (χ0v) is 13.1. The summed E-state index contributed by atoms with van der Waals surface area (Å²) in [6, 6.07) is 15.8. The molecule has 0 amide bonds. The lowest BCUT2D eigenvalue weighted by molar-refractivity contribution is 0.791. The normalized spacial score (nSPS) is 10.9. The van der Waals surface area contributed by atoms with Crippen LogP contribution in [-0.2, 0) is 13.0 Å². The summed E-state index contributed by atoms with van der Waals surface area (Å²) in [5, 5.41) is 9.21. The maximum atomic E-state index is 6.37. The molecule has 0 aliphatic carbocycles. The Morgan fingerprint density at radius 3 is 2.55 bits per heavy atom. The highest BCUT2D eigenvalue weighted by atomic mass is 35.5. The first-order valence-corrected chi connectivity index (χ1v) is 7.61. The second-order valence-corrected chi connectivity index (χ2v) is 5.37. The Morgan fingerprint density at radius 2 is 1.82 bits per heavy atom. The van der Waals surface area contributed by atoms with E-state index in [0.29, 0.717) is 11.6 Å². The lowest BCUT2D eigenvalue weighted by Crippen LogP contribution is -2.05. The molecule has 3 rings (SSSR count). The predicted octanol–water partition coefficient (Wildman–Crippen LogP) is 3.61. The Balaban J connectivity index is 2.27. The van der Waals surface area contributed by atoms with E-state index in [-0.39, 0.29) is 0 Å². The number of hydrogen-bond donors (Lipinski definition) is 1. The highest BCUT2D eigenvalue weighted by Crippen LogP contribution is 2.31. The smallest absolute Gasteiger partial charge is 0.105 e. The van der Waals surface area contributed by atoms with Crippen LogP contribution in [0.2, 0.25) is 5.02 Å². The summed E-state index contributed by atoms with van der Waals surface area (Å²) in [5.41, 5.74) is 10.5. The van der Waals surface area contributed by atoms with Gasteiger partial charge in [0, 0.05) is 12.1 Å². The molecule has 2 N–H and O–H groups in total. The van der Waals surface area contributed by atoms with Crippen LogP contribution in [0.3, 0.4) is 0 Å². The minimum Gasteiger partial charge on any atom is -0.325 e. The van der Waals surface area contributed by atoms with Crippen molar-refractivity contribution in [3.63, 3.8) is 0 Å². The number of nitrogens with zero attached hydrogens (tertiary/aromatic N) is 3. The van der Waals surface area contributed by atoms with Crippen molar-refractivity contribution in [3.8, 4) is 16.9 Å². The maximum absolute atomic E-state index is 6.37. The second-order valence-electron chi connectivity index (χ2n) is 4.96. The van der Waals surface area contributed by atoms with Crippen molar-refractivity contribution in [1.29, 1.82) is 0 Å². The van der Waals surface area contributed by atoms with Crippen molar-refractivity contribution in [1.82, 2.24) is 15.0 Å². The first-order chi connectivity index (χ1) is 10.8. The molecule has 0 saturated carbocycles. The zero-order chi connectivity index (χ0) is 15.5. The summed E-state index contributed by atoms with van der Waals surface area (Å²) in [4.78, 5) is 0. The first kappa shape index (κ1) is 14.8. The van der Waals surface area contributed by atoms with Crippen LogP contribution in [0.5, 0.6) is 0 Å². The van der Waals surface area contributed by atoms with Crippen molar-refractivity contribution >= 4 is 11.6 Å². The van der Waals surface area contributed by atoms with Crippen molar-refractivity contribution in [3.05, 3.63) is 64.8 Å². The average Bonchev–Trinajstić information content (AvgIpc) is 2.98. The average molecular weight is 313 g/mol. The largest absolute Gasteiger partial charge is 0.325 e. The van der Waals surface area contributed by atoms with Crippen molar-refractivity contribution in [2.75, 3.05) is 0 Å². The number of halogens is 1. The molecule has 0 aliphatic rings. The van der Waals surface area contributed by atoms with E-state index in [9.17, 15) is 0 Å². The minimum atomic E-state index is 0.314. The Kier molecular flexibility index (Phi) is 4.22. The molecule has 0 saturated heterocycles. The van der Waals surface area contributed by atoms with Gasteiger partial charge in [0.25, 0.3) is 0 Å². The number of benzene rings is 2. The van der Waals surface area contributed by atoms with Crippen molar-refractivity contribution in [2.24, 2.45) is 5.73 Å². The van der Waals surface area contributed by atoms with E-state index in [2.05, 4.69) is 23.3 Å². The summed E-state index contributed by atoms with van der Waals surface area (Å²) < 4.78 is 1.84. The van der Waals surface area contributed by atoms with Crippen LogP contribution in [0.25, 0.3) is 16.9 Å². The van der Waals surface area contributed by atoms with E-state index >= 15 is 0 Å². The van der Waals surface area contributed by atoms with Gasteiger partial charge in [-0.15, -0.1) is 5.10 Å². The summed E-state index contributed by atoms with van der Waals surface area (Å²) in [6.45, 7) is 2.43. The number of aryl methyl sites for hydroxylation is 1. The monoisotopic (exact) mass is 312 g/mol. The molecule has 22 heavy (non-hydrogen) atoms. The van der Waals surface area contributed by atoms with E-state index < -0.39 is 0 Å². The van der Waals surface area contributed by atoms with E-state index in [4.69, 9.17) is 17.3 Å². The Labute approximate surface area is 134 Å². The van der Waals surface area contributed by atoms with Gasteiger partial charge in [0.05, 0.1) is 10.7 Å². The van der Waals surface area contributed by atoms with Gasteiger partial charge < -0.3 is 5.73 Å². The van der Waals surface area contributed by atoms with Gasteiger partial charge in [-0.2, -0.15) is 0 Å². The number of rotatable bonds is 4. The van der Waals surface area contributed by atoms with Crippen LogP contribution in [-0.4, -0.2) is 15.0 Å². The summed E-state index contributed by atoms with van der Waals surface area (Å²) in [7, 11) is 0. The molecule has 4 nitrogen and oxygen atoms in total. The summed E-state index contributed by atoms with van der Waals surface area (Å²) in [5.74, 6) is 0. The highest BCUT2D eigenvalue weighted by molar-refractivity contribution is 6.33. The van der Waals surface area contributed by atoms with E-state index in [1.54, 1.807) is 0 Å². The molecule has 0 atom stereocenters. The van der Waals surface area contributed by atoms with Crippen LogP contribution in [0.4, 0.5) is 0 Å². The molecule has 1 aromatic heterocycles. The van der Waals surface area contributed by atoms with Crippen LogP contribution >= 0.6 is 11.6 Å². The molecule has 0 spiro atoms. The van der Waals surface area contributed by atoms with Gasteiger partial charge in [-0.25, -0.2) is 4.68 Å². The highest BCUT2D eigenvalue weighted by Gasteiger charge is 2.18. The second kappa shape index (κ2) is 6.30. The predicted molar refractivity (Wildman–Crippen MR) is 89.1 cm³/mol. The standard InChI is InChI=1S/C17H17ClN4/c1-2-12-7-3-6-10-16(12)22-17(15(11-19)20-21-22)13-8-4-5-9-14(13)18/h3-10H,2,11,19H2,1H3. The van der Waals surface area contributed by atoms with Gasteiger partial charge in [-0.3, -0.25) is 0 Å². The molecular formula is C17H17ClN4. The fourth-order valence-electron chi connectivity index (χ4n) is 2.56. The lowest BCUT2D eigenvalue weighted by atomic mass is 10.1. The van der Waals surface area contributed by atoms with E-state index in [1.165, 1.54) is 5.56 Å². The number of aromatic nitrogens is 3. The molecule has 2 aromatic carbocycles. The topological polar surface area (TPSA) is 56.7 Å². The van der Waals surface area contributed by atoms with Crippen molar-refractivity contribution < 1.29 is 0 Å². The third kappa shape index (κ3) is 2.51. The molecule has 0 aliphatic heterocycles. The van der Waals surface area contributed by atoms with Crippen LogP contribution in [0, 0.1) is 0 Å². The quantitative estimate of drug-likeness (QED) is 0.800. The number of nitrogens with two attached hydrogens (primary N) is 1. The Bertz CT molecular complexity index is 795. The molecule has 112 valence electrons. The molecule has 0 bridgehead atoms. The number of para-hydroxylation sites is 1. The van der Waals surface area contributed by atoms with E-state index in [0.717, 1.165) is 29.1 Å². The number of hydrogen-bond acceptors (Lipinski definition) is 3.